The van der Waals surface area contributed by atoms with E-state index in [4.69, 9.17) is 9.47 Å². The molecule has 0 atom stereocenters. The maximum Gasteiger partial charge on any atom is 0.409 e. The van der Waals surface area contributed by atoms with E-state index in [0.717, 1.165) is 0 Å². The summed E-state index contributed by atoms with van der Waals surface area (Å²) < 4.78 is 11.4. The second-order valence-electron chi connectivity index (χ2n) is 5.18. The minimum Gasteiger partial charge on any atom is -0.496 e. The van der Waals surface area contributed by atoms with Crippen molar-refractivity contribution in [2.24, 2.45) is 7.05 Å². The molecule has 23 heavy (non-hydrogen) atoms. The number of hydrogen-bond donors (Lipinski definition) is 0. The normalized spacial score (nSPS) is 14.6. The molecule has 1 aliphatic heterocycles. The summed E-state index contributed by atoms with van der Waals surface area (Å²) in [6.45, 7) is 3.72. The molecule has 1 aliphatic rings. The average molecular weight is 323 g/mol. The Morgan fingerprint density at radius 1 is 1.17 bits per heavy atom. The highest BCUT2D eigenvalue weighted by molar-refractivity contribution is 5.96. The van der Waals surface area contributed by atoms with Gasteiger partial charge in [-0.1, -0.05) is 0 Å². The molecule has 0 saturated carbocycles. The zero-order valence-electron chi connectivity index (χ0n) is 13.6. The topological polar surface area (TPSA) is 81.1 Å². The first kappa shape index (κ1) is 16.9. The van der Waals surface area contributed by atoms with Gasteiger partial charge >= 0.3 is 6.09 Å². The number of ether oxygens (including phenoxy) is 2. The van der Waals surface area contributed by atoms with Gasteiger partial charge < -0.3 is 23.8 Å². The molecular formula is C15H21N3O5. The van der Waals surface area contributed by atoms with E-state index in [1.54, 1.807) is 23.8 Å². The Kier molecular flexibility index (Phi) is 5.25. The fourth-order valence-electron chi connectivity index (χ4n) is 2.42. The molecule has 2 heterocycles. The van der Waals surface area contributed by atoms with Crippen LogP contribution >= 0.6 is 0 Å². The lowest BCUT2D eigenvalue weighted by Gasteiger charge is -2.34. The third-order valence-electron chi connectivity index (χ3n) is 3.73. The van der Waals surface area contributed by atoms with Crippen LogP contribution in [-0.4, -0.2) is 66.3 Å². The summed E-state index contributed by atoms with van der Waals surface area (Å²) in [4.78, 5) is 39.2. The van der Waals surface area contributed by atoms with Crippen molar-refractivity contribution < 1.29 is 19.1 Å². The van der Waals surface area contributed by atoms with Crippen LogP contribution in [0.5, 0.6) is 5.75 Å². The van der Waals surface area contributed by atoms with Crippen LogP contribution in [0.4, 0.5) is 4.79 Å². The summed E-state index contributed by atoms with van der Waals surface area (Å²) in [5.74, 6) is 0.0341. The number of piperazine rings is 1. The lowest BCUT2D eigenvalue weighted by Crippen LogP contribution is -2.50. The van der Waals surface area contributed by atoms with Gasteiger partial charge in [-0.3, -0.25) is 9.59 Å². The SMILES string of the molecule is CCOC(=O)N1CCN(C(=O)c2cn(C)c(=O)cc2OC)CC1. The number of hydrogen-bond acceptors (Lipinski definition) is 5. The molecule has 1 saturated heterocycles. The Hall–Kier alpha value is -2.51. The van der Waals surface area contributed by atoms with Crippen LogP contribution in [0.15, 0.2) is 17.1 Å². The number of pyridine rings is 1. The second-order valence-corrected chi connectivity index (χ2v) is 5.18. The van der Waals surface area contributed by atoms with Gasteiger partial charge in [-0.15, -0.1) is 0 Å². The van der Waals surface area contributed by atoms with Gasteiger partial charge in [0.15, 0.2) is 0 Å². The molecule has 0 N–H and O–H groups in total. The van der Waals surface area contributed by atoms with Crippen LogP contribution in [0.3, 0.4) is 0 Å². The smallest absolute Gasteiger partial charge is 0.409 e. The first-order chi connectivity index (χ1) is 11.0. The highest BCUT2D eigenvalue weighted by Gasteiger charge is 2.27. The maximum atomic E-state index is 12.6. The summed E-state index contributed by atoms with van der Waals surface area (Å²) in [6.07, 6.45) is 1.11. The Balaban J connectivity index is 2.10. The van der Waals surface area contributed by atoms with Gasteiger partial charge in [0.1, 0.15) is 5.75 Å². The van der Waals surface area contributed by atoms with E-state index in [9.17, 15) is 14.4 Å². The van der Waals surface area contributed by atoms with Gasteiger partial charge in [0.05, 0.1) is 19.3 Å². The molecule has 0 spiro atoms. The largest absolute Gasteiger partial charge is 0.496 e. The molecule has 0 aliphatic carbocycles. The molecule has 0 radical (unpaired) electrons. The van der Waals surface area contributed by atoms with E-state index in [1.165, 1.54) is 23.9 Å². The minimum atomic E-state index is -0.362. The molecule has 126 valence electrons. The summed E-state index contributed by atoms with van der Waals surface area (Å²) >= 11 is 0. The molecule has 2 rings (SSSR count). The molecule has 1 aromatic rings. The maximum absolute atomic E-state index is 12.6. The Labute approximate surface area is 134 Å². The van der Waals surface area contributed by atoms with Crippen molar-refractivity contribution in [3.05, 3.63) is 28.2 Å². The van der Waals surface area contributed by atoms with E-state index in [0.29, 0.717) is 38.3 Å². The van der Waals surface area contributed by atoms with Crippen molar-refractivity contribution in [3.63, 3.8) is 0 Å². The lowest BCUT2D eigenvalue weighted by molar-refractivity contribution is 0.0567. The number of aryl methyl sites for hydroxylation is 1. The fraction of sp³-hybridized carbons (Fsp3) is 0.533. The highest BCUT2D eigenvalue weighted by Crippen LogP contribution is 2.18. The molecular weight excluding hydrogens is 302 g/mol. The highest BCUT2D eigenvalue weighted by atomic mass is 16.6. The minimum absolute atomic E-state index is 0.221. The monoisotopic (exact) mass is 323 g/mol. The summed E-state index contributed by atoms with van der Waals surface area (Å²) in [6, 6.07) is 1.29. The summed E-state index contributed by atoms with van der Waals surface area (Å²) in [5.41, 5.74) is 0.0877. The van der Waals surface area contributed by atoms with Crippen molar-refractivity contribution in [3.8, 4) is 5.75 Å². The molecule has 1 fully saturated rings. The predicted molar refractivity (Wildman–Crippen MR) is 82.7 cm³/mol. The van der Waals surface area contributed by atoms with E-state index >= 15 is 0 Å². The van der Waals surface area contributed by atoms with Crippen LogP contribution in [0, 0.1) is 0 Å². The number of methoxy groups -OCH3 is 1. The Bertz CT molecular complexity index is 647. The van der Waals surface area contributed by atoms with Crippen LogP contribution in [0.1, 0.15) is 17.3 Å². The third kappa shape index (κ3) is 3.64. The number of rotatable bonds is 3. The standard InChI is InChI=1S/C15H21N3O5/c1-4-23-15(21)18-7-5-17(6-8-18)14(20)11-10-16(2)13(19)9-12(11)22-3/h9-10H,4-8H2,1-3H3. The van der Waals surface area contributed by atoms with Crippen LogP contribution < -0.4 is 10.3 Å². The Morgan fingerprint density at radius 3 is 2.35 bits per heavy atom. The molecule has 0 bridgehead atoms. The molecule has 1 aromatic heterocycles. The lowest BCUT2D eigenvalue weighted by atomic mass is 10.2. The van der Waals surface area contributed by atoms with Crippen molar-refractivity contribution in [1.29, 1.82) is 0 Å². The molecule has 8 nitrogen and oxygen atoms in total. The van der Waals surface area contributed by atoms with Crippen LogP contribution in [0.2, 0.25) is 0 Å². The van der Waals surface area contributed by atoms with Gasteiger partial charge in [0, 0.05) is 45.5 Å². The van der Waals surface area contributed by atoms with Gasteiger partial charge in [-0.05, 0) is 6.92 Å². The molecule has 2 amide bonds. The van der Waals surface area contributed by atoms with Gasteiger partial charge in [0.2, 0.25) is 0 Å². The van der Waals surface area contributed by atoms with E-state index < -0.39 is 0 Å². The van der Waals surface area contributed by atoms with Gasteiger partial charge in [-0.2, -0.15) is 0 Å². The number of amides is 2. The quantitative estimate of drug-likeness (QED) is 0.799. The fourth-order valence-corrected chi connectivity index (χ4v) is 2.42. The zero-order chi connectivity index (χ0) is 17.0. The van der Waals surface area contributed by atoms with Crippen molar-refractivity contribution >= 4 is 12.0 Å². The number of nitrogens with zero attached hydrogens (tertiary/aromatic N) is 3. The van der Waals surface area contributed by atoms with Gasteiger partial charge in [0.25, 0.3) is 11.5 Å². The van der Waals surface area contributed by atoms with Gasteiger partial charge in [-0.25, -0.2) is 4.79 Å². The van der Waals surface area contributed by atoms with Crippen molar-refractivity contribution in [2.45, 2.75) is 6.92 Å². The third-order valence-corrected chi connectivity index (χ3v) is 3.73. The zero-order valence-corrected chi connectivity index (χ0v) is 13.6. The number of carbonyl (C=O) groups is 2. The first-order valence-corrected chi connectivity index (χ1v) is 7.43. The Morgan fingerprint density at radius 2 is 1.78 bits per heavy atom. The first-order valence-electron chi connectivity index (χ1n) is 7.43. The van der Waals surface area contributed by atoms with Crippen LogP contribution in [-0.2, 0) is 11.8 Å². The van der Waals surface area contributed by atoms with Crippen molar-refractivity contribution in [1.82, 2.24) is 14.4 Å². The molecule has 8 heteroatoms. The number of carbonyl (C=O) groups excluding carboxylic acids is 2. The van der Waals surface area contributed by atoms with Crippen molar-refractivity contribution in [2.75, 3.05) is 39.9 Å². The summed E-state index contributed by atoms with van der Waals surface area (Å²) in [5, 5.41) is 0. The van der Waals surface area contributed by atoms with E-state index in [1.807, 2.05) is 0 Å². The molecule has 0 unspecified atom stereocenters. The average Bonchev–Trinajstić information content (AvgIpc) is 2.56. The van der Waals surface area contributed by atoms with E-state index in [-0.39, 0.29) is 23.3 Å². The van der Waals surface area contributed by atoms with Crippen LogP contribution in [0.25, 0.3) is 0 Å². The number of aromatic nitrogens is 1. The molecule has 0 aromatic carbocycles. The summed E-state index contributed by atoms with van der Waals surface area (Å²) in [7, 11) is 3.00. The predicted octanol–water partition coefficient (Wildman–Crippen LogP) is 0.308. The second kappa shape index (κ2) is 7.17. The van der Waals surface area contributed by atoms with E-state index in [2.05, 4.69) is 0 Å².